The van der Waals surface area contributed by atoms with Gasteiger partial charge in [-0.25, -0.2) is 0 Å². The molecule has 2 fully saturated rings. The molecule has 2 unspecified atom stereocenters. The first-order valence-corrected chi connectivity index (χ1v) is 7.81. The van der Waals surface area contributed by atoms with Crippen LogP contribution in [-0.4, -0.2) is 72.9 Å². The topological polar surface area (TPSA) is 53.0 Å². The standard InChI is InChI=1S/C15H28N2O3/c1-12(2)8-17-5-6-20-14(11-17)10-16-4-3-13(9-16)7-15(18)19/h12-14H,3-11H2,1-2H3,(H,18,19). The minimum absolute atomic E-state index is 0.283. The number of carboxylic acids is 1. The Morgan fingerprint density at radius 3 is 2.80 bits per heavy atom. The van der Waals surface area contributed by atoms with Crippen molar-refractivity contribution in [2.24, 2.45) is 11.8 Å². The molecule has 0 aromatic carbocycles. The lowest BCUT2D eigenvalue weighted by atomic mass is 10.1. The minimum Gasteiger partial charge on any atom is -0.481 e. The fourth-order valence-electron chi connectivity index (χ4n) is 3.35. The highest BCUT2D eigenvalue weighted by atomic mass is 16.5. The highest BCUT2D eigenvalue weighted by molar-refractivity contribution is 5.67. The summed E-state index contributed by atoms with van der Waals surface area (Å²) in [5.41, 5.74) is 0. The molecule has 2 atom stereocenters. The van der Waals surface area contributed by atoms with Gasteiger partial charge in [-0.15, -0.1) is 0 Å². The number of hydrogen-bond acceptors (Lipinski definition) is 4. The van der Waals surface area contributed by atoms with Crippen LogP contribution in [0.5, 0.6) is 0 Å². The Bertz CT molecular complexity index is 322. The van der Waals surface area contributed by atoms with Gasteiger partial charge in [0.1, 0.15) is 0 Å². The van der Waals surface area contributed by atoms with E-state index in [2.05, 4.69) is 23.6 Å². The molecule has 5 heteroatoms. The molecule has 0 bridgehead atoms. The van der Waals surface area contributed by atoms with Gasteiger partial charge in [0.25, 0.3) is 0 Å². The molecule has 0 radical (unpaired) electrons. The van der Waals surface area contributed by atoms with Crippen molar-refractivity contribution in [1.29, 1.82) is 0 Å². The van der Waals surface area contributed by atoms with Gasteiger partial charge in [-0.1, -0.05) is 13.8 Å². The molecule has 2 aliphatic heterocycles. The third kappa shape index (κ3) is 5.04. The first-order valence-electron chi connectivity index (χ1n) is 7.81. The van der Waals surface area contributed by atoms with E-state index in [0.29, 0.717) is 18.3 Å². The number of carboxylic acid groups (broad SMARTS) is 1. The van der Waals surface area contributed by atoms with E-state index in [1.54, 1.807) is 0 Å². The van der Waals surface area contributed by atoms with Crippen LogP contribution < -0.4 is 0 Å². The molecular weight excluding hydrogens is 256 g/mol. The van der Waals surface area contributed by atoms with Gasteiger partial charge in [0.05, 0.1) is 12.7 Å². The van der Waals surface area contributed by atoms with Crippen molar-refractivity contribution >= 4 is 5.97 Å². The van der Waals surface area contributed by atoms with Gasteiger partial charge in [-0.3, -0.25) is 9.69 Å². The van der Waals surface area contributed by atoms with E-state index in [1.165, 1.54) is 0 Å². The largest absolute Gasteiger partial charge is 0.481 e. The molecule has 2 aliphatic rings. The zero-order chi connectivity index (χ0) is 14.5. The summed E-state index contributed by atoms with van der Waals surface area (Å²) >= 11 is 0. The molecule has 2 saturated heterocycles. The lowest BCUT2D eigenvalue weighted by Gasteiger charge is -2.35. The van der Waals surface area contributed by atoms with E-state index in [-0.39, 0.29) is 6.10 Å². The zero-order valence-electron chi connectivity index (χ0n) is 12.8. The third-order valence-corrected chi connectivity index (χ3v) is 4.14. The van der Waals surface area contributed by atoms with E-state index in [0.717, 1.165) is 52.3 Å². The lowest BCUT2D eigenvalue weighted by Crippen LogP contribution is -2.48. The quantitative estimate of drug-likeness (QED) is 0.793. The molecule has 0 amide bonds. The highest BCUT2D eigenvalue weighted by Gasteiger charge is 2.28. The molecule has 0 saturated carbocycles. The van der Waals surface area contributed by atoms with Gasteiger partial charge < -0.3 is 14.7 Å². The van der Waals surface area contributed by atoms with Gasteiger partial charge in [0, 0.05) is 39.1 Å². The SMILES string of the molecule is CC(C)CN1CCOC(CN2CCC(CC(=O)O)C2)C1. The van der Waals surface area contributed by atoms with Crippen molar-refractivity contribution in [2.75, 3.05) is 45.9 Å². The summed E-state index contributed by atoms with van der Waals surface area (Å²) in [7, 11) is 0. The van der Waals surface area contributed by atoms with Crippen LogP contribution in [0.4, 0.5) is 0 Å². The van der Waals surface area contributed by atoms with Crippen molar-refractivity contribution < 1.29 is 14.6 Å². The highest BCUT2D eigenvalue weighted by Crippen LogP contribution is 2.20. The Labute approximate surface area is 121 Å². The first kappa shape index (κ1) is 15.7. The molecular formula is C15H28N2O3. The molecule has 0 aliphatic carbocycles. The summed E-state index contributed by atoms with van der Waals surface area (Å²) in [5.74, 6) is 0.345. The molecule has 2 rings (SSSR count). The van der Waals surface area contributed by atoms with E-state index in [4.69, 9.17) is 9.84 Å². The molecule has 5 nitrogen and oxygen atoms in total. The summed E-state index contributed by atoms with van der Waals surface area (Å²) < 4.78 is 5.87. The fourth-order valence-corrected chi connectivity index (χ4v) is 3.35. The van der Waals surface area contributed by atoms with E-state index in [1.807, 2.05) is 0 Å². The van der Waals surface area contributed by atoms with Crippen LogP contribution in [0.2, 0.25) is 0 Å². The van der Waals surface area contributed by atoms with Crippen LogP contribution >= 0.6 is 0 Å². The summed E-state index contributed by atoms with van der Waals surface area (Å²) in [6.07, 6.45) is 1.60. The van der Waals surface area contributed by atoms with Crippen LogP contribution in [0.1, 0.15) is 26.7 Å². The second kappa shape index (κ2) is 7.38. The number of morpholine rings is 1. The predicted molar refractivity (Wildman–Crippen MR) is 77.8 cm³/mol. The zero-order valence-corrected chi connectivity index (χ0v) is 12.8. The normalized spacial score (nSPS) is 29.1. The number of ether oxygens (including phenoxy) is 1. The number of hydrogen-bond donors (Lipinski definition) is 1. The van der Waals surface area contributed by atoms with Crippen molar-refractivity contribution in [2.45, 2.75) is 32.8 Å². The molecule has 20 heavy (non-hydrogen) atoms. The molecule has 0 aromatic rings. The van der Waals surface area contributed by atoms with Crippen LogP contribution in [0.25, 0.3) is 0 Å². The minimum atomic E-state index is -0.672. The van der Waals surface area contributed by atoms with Gasteiger partial charge in [0.15, 0.2) is 0 Å². The monoisotopic (exact) mass is 284 g/mol. The molecule has 0 aromatic heterocycles. The van der Waals surface area contributed by atoms with Crippen LogP contribution in [0.3, 0.4) is 0 Å². The average molecular weight is 284 g/mol. The van der Waals surface area contributed by atoms with Gasteiger partial charge >= 0.3 is 5.97 Å². The Morgan fingerprint density at radius 2 is 2.10 bits per heavy atom. The smallest absolute Gasteiger partial charge is 0.303 e. The first-order chi connectivity index (χ1) is 9.52. The van der Waals surface area contributed by atoms with E-state index in [9.17, 15) is 4.79 Å². The van der Waals surface area contributed by atoms with Crippen molar-refractivity contribution in [1.82, 2.24) is 9.80 Å². The van der Waals surface area contributed by atoms with Crippen LogP contribution in [0.15, 0.2) is 0 Å². The van der Waals surface area contributed by atoms with Gasteiger partial charge in [-0.05, 0) is 24.8 Å². The lowest BCUT2D eigenvalue weighted by molar-refractivity contribution is -0.138. The van der Waals surface area contributed by atoms with E-state index >= 15 is 0 Å². The molecule has 2 heterocycles. The summed E-state index contributed by atoms with van der Waals surface area (Å²) in [6.45, 7) is 11.4. The van der Waals surface area contributed by atoms with Crippen molar-refractivity contribution in [3.05, 3.63) is 0 Å². The molecule has 1 N–H and O–H groups in total. The maximum absolute atomic E-state index is 10.7. The van der Waals surface area contributed by atoms with Crippen molar-refractivity contribution in [3.8, 4) is 0 Å². The number of carbonyl (C=O) groups is 1. The predicted octanol–water partition coefficient (Wildman–Crippen LogP) is 1.14. The van der Waals surface area contributed by atoms with Crippen LogP contribution in [0, 0.1) is 11.8 Å². The summed E-state index contributed by atoms with van der Waals surface area (Å²) in [4.78, 5) is 15.6. The van der Waals surface area contributed by atoms with Gasteiger partial charge in [0.2, 0.25) is 0 Å². The number of rotatable bonds is 6. The summed E-state index contributed by atoms with van der Waals surface area (Å²) in [6, 6.07) is 0. The average Bonchev–Trinajstić information content (AvgIpc) is 2.75. The Kier molecular flexibility index (Phi) is 5.81. The maximum Gasteiger partial charge on any atom is 0.303 e. The second-order valence-electron chi connectivity index (χ2n) is 6.66. The Morgan fingerprint density at radius 1 is 1.30 bits per heavy atom. The fraction of sp³-hybridized carbons (Fsp3) is 0.933. The third-order valence-electron chi connectivity index (χ3n) is 4.14. The van der Waals surface area contributed by atoms with Gasteiger partial charge in [-0.2, -0.15) is 0 Å². The maximum atomic E-state index is 10.7. The molecule has 116 valence electrons. The van der Waals surface area contributed by atoms with Crippen molar-refractivity contribution in [3.63, 3.8) is 0 Å². The second-order valence-corrected chi connectivity index (χ2v) is 6.66. The number of nitrogens with zero attached hydrogens (tertiary/aromatic N) is 2. The van der Waals surface area contributed by atoms with E-state index < -0.39 is 5.97 Å². The Balaban J connectivity index is 1.72. The van der Waals surface area contributed by atoms with Crippen LogP contribution in [-0.2, 0) is 9.53 Å². The summed E-state index contributed by atoms with van der Waals surface area (Å²) in [5, 5.41) is 8.85. The molecule has 0 spiro atoms. The number of aliphatic carboxylic acids is 1. The number of likely N-dealkylation sites (tertiary alicyclic amines) is 1. The Hall–Kier alpha value is -0.650.